The summed E-state index contributed by atoms with van der Waals surface area (Å²) in [6.45, 7) is 5.66. The molecule has 0 saturated carbocycles. The van der Waals surface area contributed by atoms with E-state index in [1.807, 2.05) is 0 Å². The Morgan fingerprint density at radius 2 is 1.90 bits per heavy atom. The van der Waals surface area contributed by atoms with Crippen LogP contribution in [0.15, 0.2) is 24.3 Å². The third-order valence-corrected chi connectivity index (χ3v) is 4.48. The molecule has 2 heterocycles. The van der Waals surface area contributed by atoms with E-state index in [9.17, 15) is 0 Å². The minimum atomic E-state index is 0.465. The number of nitrogens with zero attached hydrogens (tertiary/aromatic N) is 1. The Kier molecular flexibility index (Phi) is 4.93. The minimum Gasteiger partial charge on any atom is -0.493 e. The number of para-hydroxylation sites is 1. The summed E-state index contributed by atoms with van der Waals surface area (Å²) in [7, 11) is 0. The van der Waals surface area contributed by atoms with Gasteiger partial charge in [-0.05, 0) is 32.0 Å². The number of ether oxygens (including phenoxy) is 1. The Morgan fingerprint density at radius 3 is 2.75 bits per heavy atom. The number of hydrogen-bond acceptors (Lipinski definition) is 3. The van der Waals surface area contributed by atoms with Crippen molar-refractivity contribution in [2.45, 2.75) is 38.1 Å². The highest BCUT2D eigenvalue weighted by atomic mass is 16.5. The lowest BCUT2D eigenvalue weighted by molar-refractivity contribution is 0.240. The first kappa shape index (κ1) is 13.9. The van der Waals surface area contributed by atoms with E-state index in [2.05, 4.69) is 34.5 Å². The maximum absolute atomic E-state index is 5.72. The zero-order valence-electron chi connectivity index (χ0n) is 12.3. The Labute approximate surface area is 122 Å². The predicted molar refractivity (Wildman–Crippen MR) is 82.2 cm³/mol. The summed E-state index contributed by atoms with van der Waals surface area (Å²) in [5.41, 5.74) is 1.33. The van der Waals surface area contributed by atoms with E-state index in [1.54, 1.807) is 0 Å². The van der Waals surface area contributed by atoms with E-state index in [0.29, 0.717) is 6.04 Å². The standard InChI is InChI=1S/C17H26N2O/c1-2-6-12-19(11-5-1)13-10-18-16-9-14-20-17-8-4-3-7-15(16)17/h3-4,7-8,16,18H,1-2,5-6,9-14H2/t16-/m0/s1. The Morgan fingerprint density at radius 1 is 1.10 bits per heavy atom. The SMILES string of the molecule is c1ccc2c(c1)OCC[C@@H]2NCCN1CCCCCC1. The van der Waals surface area contributed by atoms with Gasteiger partial charge in [-0.1, -0.05) is 31.0 Å². The van der Waals surface area contributed by atoms with Gasteiger partial charge in [0.25, 0.3) is 0 Å². The van der Waals surface area contributed by atoms with Crippen molar-refractivity contribution in [2.75, 3.05) is 32.8 Å². The second-order valence-corrected chi connectivity index (χ2v) is 5.94. The van der Waals surface area contributed by atoms with Crippen LogP contribution in [-0.2, 0) is 0 Å². The molecule has 3 rings (SSSR count). The van der Waals surface area contributed by atoms with Gasteiger partial charge in [-0.2, -0.15) is 0 Å². The number of benzene rings is 1. The monoisotopic (exact) mass is 274 g/mol. The van der Waals surface area contributed by atoms with Gasteiger partial charge in [0.2, 0.25) is 0 Å². The van der Waals surface area contributed by atoms with Crippen LogP contribution < -0.4 is 10.1 Å². The summed E-state index contributed by atoms with van der Waals surface area (Å²) in [6.07, 6.45) is 6.66. The van der Waals surface area contributed by atoms with Crippen LogP contribution in [0.4, 0.5) is 0 Å². The highest BCUT2D eigenvalue weighted by Gasteiger charge is 2.20. The molecule has 1 fully saturated rings. The summed E-state index contributed by atoms with van der Waals surface area (Å²) < 4.78 is 5.72. The number of likely N-dealkylation sites (tertiary alicyclic amines) is 1. The average Bonchev–Trinajstić information content (AvgIpc) is 2.76. The molecule has 0 spiro atoms. The molecular weight excluding hydrogens is 248 g/mol. The van der Waals surface area contributed by atoms with Crippen molar-refractivity contribution in [2.24, 2.45) is 0 Å². The molecule has 3 nitrogen and oxygen atoms in total. The topological polar surface area (TPSA) is 24.5 Å². The van der Waals surface area contributed by atoms with E-state index in [4.69, 9.17) is 4.74 Å². The Bertz CT molecular complexity index is 413. The molecule has 110 valence electrons. The summed E-state index contributed by atoms with van der Waals surface area (Å²) >= 11 is 0. The van der Waals surface area contributed by atoms with Gasteiger partial charge in [0.05, 0.1) is 6.61 Å². The lowest BCUT2D eigenvalue weighted by Gasteiger charge is -2.28. The quantitative estimate of drug-likeness (QED) is 0.913. The van der Waals surface area contributed by atoms with Crippen molar-refractivity contribution in [3.8, 4) is 5.75 Å². The fourth-order valence-electron chi connectivity index (χ4n) is 3.31. The second-order valence-electron chi connectivity index (χ2n) is 5.94. The van der Waals surface area contributed by atoms with E-state index in [-0.39, 0.29) is 0 Å². The third kappa shape index (κ3) is 3.53. The lowest BCUT2D eigenvalue weighted by atomic mass is 10.0. The van der Waals surface area contributed by atoms with Crippen molar-refractivity contribution in [1.29, 1.82) is 0 Å². The number of hydrogen-bond donors (Lipinski definition) is 1. The van der Waals surface area contributed by atoms with Crippen LogP contribution in [0.25, 0.3) is 0 Å². The molecule has 0 amide bonds. The van der Waals surface area contributed by atoms with Crippen molar-refractivity contribution < 1.29 is 4.74 Å². The first-order valence-corrected chi connectivity index (χ1v) is 8.11. The first-order chi connectivity index (χ1) is 9.93. The van der Waals surface area contributed by atoms with Crippen LogP contribution >= 0.6 is 0 Å². The molecule has 2 aliphatic rings. The molecule has 1 N–H and O–H groups in total. The molecule has 0 bridgehead atoms. The van der Waals surface area contributed by atoms with Crippen LogP contribution in [0.1, 0.15) is 43.7 Å². The van der Waals surface area contributed by atoms with E-state index < -0.39 is 0 Å². The van der Waals surface area contributed by atoms with Crippen molar-refractivity contribution in [1.82, 2.24) is 10.2 Å². The van der Waals surface area contributed by atoms with Gasteiger partial charge in [0, 0.05) is 31.1 Å². The molecular formula is C17H26N2O. The molecule has 0 unspecified atom stereocenters. The van der Waals surface area contributed by atoms with Crippen LogP contribution in [0.3, 0.4) is 0 Å². The normalized spacial score (nSPS) is 23.7. The zero-order chi connectivity index (χ0) is 13.6. The van der Waals surface area contributed by atoms with Crippen molar-refractivity contribution in [3.63, 3.8) is 0 Å². The van der Waals surface area contributed by atoms with Gasteiger partial charge < -0.3 is 15.0 Å². The maximum atomic E-state index is 5.72. The lowest BCUT2D eigenvalue weighted by Crippen LogP contribution is -2.35. The zero-order valence-corrected chi connectivity index (χ0v) is 12.3. The van der Waals surface area contributed by atoms with Gasteiger partial charge in [-0.15, -0.1) is 0 Å². The summed E-state index contributed by atoms with van der Waals surface area (Å²) in [6, 6.07) is 8.90. The molecule has 2 aliphatic heterocycles. The molecule has 3 heteroatoms. The third-order valence-electron chi connectivity index (χ3n) is 4.48. The molecule has 20 heavy (non-hydrogen) atoms. The number of fused-ring (bicyclic) bond motifs is 1. The van der Waals surface area contributed by atoms with Crippen molar-refractivity contribution >= 4 is 0 Å². The van der Waals surface area contributed by atoms with Gasteiger partial charge in [0.1, 0.15) is 5.75 Å². The number of nitrogens with one attached hydrogen (secondary N) is 1. The molecule has 1 aromatic carbocycles. The highest BCUT2D eigenvalue weighted by molar-refractivity contribution is 5.37. The predicted octanol–water partition coefficient (Wildman–Crippen LogP) is 2.98. The van der Waals surface area contributed by atoms with Crippen LogP contribution in [0, 0.1) is 0 Å². The average molecular weight is 274 g/mol. The fourth-order valence-corrected chi connectivity index (χ4v) is 3.31. The second kappa shape index (κ2) is 7.09. The van der Waals surface area contributed by atoms with Crippen LogP contribution in [0.5, 0.6) is 5.75 Å². The van der Waals surface area contributed by atoms with Crippen molar-refractivity contribution in [3.05, 3.63) is 29.8 Å². The first-order valence-electron chi connectivity index (χ1n) is 8.11. The Balaban J connectivity index is 1.49. The van der Waals surface area contributed by atoms with Gasteiger partial charge in [-0.3, -0.25) is 0 Å². The molecule has 1 saturated heterocycles. The van der Waals surface area contributed by atoms with E-state index in [1.165, 1.54) is 50.9 Å². The summed E-state index contributed by atoms with van der Waals surface area (Å²) in [5.74, 6) is 1.06. The summed E-state index contributed by atoms with van der Waals surface area (Å²) in [4.78, 5) is 2.62. The molecule has 1 aromatic rings. The van der Waals surface area contributed by atoms with Gasteiger partial charge >= 0.3 is 0 Å². The van der Waals surface area contributed by atoms with Gasteiger partial charge in [0.15, 0.2) is 0 Å². The van der Waals surface area contributed by atoms with Gasteiger partial charge in [-0.25, -0.2) is 0 Å². The molecule has 0 radical (unpaired) electrons. The van der Waals surface area contributed by atoms with E-state index in [0.717, 1.165) is 25.3 Å². The largest absolute Gasteiger partial charge is 0.493 e. The maximum Gasteiger partial charge on any atom is 0.124 e. The van der Waals surface area contributed by atoms with Crippen LogP contribution in [0.2, 0.25) is 0 Å². The van der Waals surface area contributed by atoms with Crippen LogP contribution in [-0.4, -0.2) is 37.7 Å². The molecule has 0 aromatic heterocycles. The number of rotatable bonds is 4. The van der Waals surface area contributed by atoms with E-state index >= 15 is 0 Å². The molecule has 1 atom stereocenters. The highest BCUT2D eigenvalue weighted by Crippen LogP contribution is 2.31. The fraction of sp³-hybridized carbons (Fsp3) is 0.647. The summed E-state index contributed by atoms with van der Waals surface area (Å²) in [5, 5.41) is 3.72. The minimum absolute atomic E-state index is 0.465. The Hall–Kier alpha value is -1.06. The molecule has 0 aliphatic carbocycles. The smallest absolute Gasteiger partial charge is 0.124 e.